The van der Waals surface area contributed by atoms with Crippen LogP contribution in [0.1, 0.15) is 33.4 Å². The van der Waals surface area contributed by atoms with Crippen molar-refractivity contribution in [1.82, 2.24) is 0 Å². The van der Waals surface area contributed by atoms with Crippen LogP contribution in [0.5, 0.6) is 0 Å². The van der Waals surface area contributed by atoms with Crippen LogP contribution < -0.4 is 0 Å². The Morgan fingerprint density at radius 1 is 0.639 bits per heavy atom. The Morgan fingerprint density at radius 2 is 1.25 bits per heavy atom. The lowest BCUT2D eigenvalue weighted by Gasteiger charge is -2.11. The van der Waals surface area contributed by atoms with Crippen LogP contribution in [0.4, 0.5) is 26.3 Å². The first kappa shape index (κ1) is 25.8. The van der Waals surface area contributed by atoms with Crippen LogP contribution in [0.15, 0.2) is 66.7 Å². The maximum Gasteiger partial charge on any atom is 0.419 e. The van der Waals surface area contributed by atoms with Gasteiger partial charge < -0.3 is 4.74 Å². The van der Waals surface area contributed by atoms with Gasteiger partial charge in [-0.25, -0.2) is 13.2 Å². The van der Waals surface area contributed by atoms with Crippen LogP contribution in [0.2, 0.25) is 0 Å². The third kappa shape index (κ3) is 5.90. The molecule has 7 heteroatoms. The molecule has 1 nitrogen and oxygen atoms in total. The average molecular weight is 502 g/mol. The molecular weight excluding hydrogens is 478 g/mol. The molecule has 0 atom stereocenters. The Labute approximate surface area is 205 Å². The molecule has 4 rings (SSSR count). The molecule has 0 fully saturated rings. The molecule has 4 aromatic rings. The molecule has 0 aliphatic heterocycles. The topological polar surface area (TPSA) is 9.23 Å². The number of ether oxygens (including phenoxy) is 1. The van der Waals surface area contributed by atoms with Gasteiger partial charge in [0.2, 0.25) is 0 Å². The Kier molecular flexibility index (Phi) is 7.69. The molecule has 36 heavy (non-hydrogen) atoms. The van der Waals surface area contributed by atoms with Crippen LogP contribution in [-0.2, 0) is 43.2 Å². The highest BCUT2D eigenvalue weighted by atomic mass is 19.4. The summed E-state index contributed by atoms with van der Waals surface area (Å²) in [6, 6.07) is 16.6. The standard InChI is InChI=1S/C29H24F6O/c1-36-17-20-4-8-21(26(30)16-20)7-2-18-5-12-24-23(14-18)11-10-22(28(24)32)9-3-19-6-13-25(27(31)15-19)29(33,34)35/h4-6,8,10-16H,2-3,7,9,17H2,1H3. The van der Waals surface area contributed by atoms with E-state index in [9.17, 15) is 22.0 Å². The van der Waals surface area contributed by atoms with Gasteiger partial charge in [0.05, 0.1) is 12.2 Å². The molecule has 0 radical (unpaired) electrons. The van der Waals surface area contributed by atoms with Crippen molar-refractivity contribution in [1.29, 1.82) is 0 Å². The van der Waals surface area contributed by atoms with Crippen LogP contribution in [0, 0.1) is 17.5 Å². The van der Waals surface area contributed by atoms with E-state index in [0.717, 1.165) is 17.2 Å². The van der Waals surface area contributed by atoms with Gasteiger partial charge in [0, 0.05) is 12.5 Å². The second-order valence-corrected chi connectivity index (χ2v) is 8.76. The maximum atomic E-state index is 15.1. The number of halogens is 6. The number of alkyl halides is 3. The first-order valence-corrected chi connectivity index (χ1v) is 11.5. The molecule has 0 unspecified atom stereocenters. The Bertz CT molecular complexity index is 1380. The smallest absolute Gasteiger partial charge is 0.380 e. The van der Waals surface area contributed by atoms with Crippen molar-refractivity contribution < 1.29 is 31.1 Å². The van der Waals surface area contributed by atoms with Gasteiger partial charge in [0.15, 0.2) is 0 Å². The molecule has 0 aliphatic rings. The van der Waals surface area contributed by atoms with Crippen LogP contribution in [0.3, 0.4) is 0 Å². The number of benzene rings is 4. The Balaban J connectivity index is 1.44. The molecule has 0 saturated heterocycles. The van der Waals surface area contributed by atoms with E-state index >= 15 is 4.39 Å². The third-order valence-corrected chi connectivity index (χ3v) is 6.23. The zero-order valence-corrected chi connectivity index (χ0v) is 19.6. The van der Waals surface area contributed by atoms with Crippen molar-refractivity contribution in [3.8, 4) is 0 Å². The van der Waals surface area contributed by atoms with E-state index in [4.69, 9.17) is 4.74 Å². The summed E-state index contributed by atoms with van der Waals surface area (Å²) in [5.74, 6) is -2.03. The Hall–Kier alpha value is -3.32. The van der Waals surface area contributed by atoms with E-state index in [1.54, 1.807) is 37.4 Å². The minimum absolute atomic E-state index is 0.199. The lowest BCUT2D eigenvalue weighted by molar-refractivity contribution is -0.140. The summed E-state index contributed by atoms with van der Waals surface area (Å²) in [6.45, 7) is 0.344. The summed E-state index contributed by atoms with van der Waals surface area (Å²) in [5, 5.41) is 1.12. The zero-order chi connectivity index (χ0) is 25.9. The lowest BCUT2D eigenvalue weighted by Crippen LogP contribution is -2.08. The third-order valence-electron chi connectivity index (χ3n) is 6.23. The van der Waals surface area contributed by atoms with Crippen molar-refractivity contribution in [3.63, 3.8) is 0 Å². The summed E-state index contributed by atoms with van der Waals surface area (Å²) in [4.78, 5) is 0. The predicted molar refractivity (Wildman–Crippen MR) is 127 cm³/mol. The molecule has 188 valence electrons. The van der Waals surface area contributed by atoms with Gasteiger partial charge in [-0.1, -0.05) is 48.5 Å². The maximum absolute atomic E-state index is 15.1. The van der Waals surface area contributed by atoms with Crippen molar-refractivity contribution in [2.75, 3.05) is 7.11 Å². The van der Waals surface area contributed by atoms with Gasteiger partial charge in [-0.05, 0) is 77.1 Å². The molecular formula is C29H24F6O. The van der Waals surface area contributed by atoms with Crippen molar-refractivity contribution >= 4 is 10.8 Å². The SMILES string of the molecule is COCc1ccc(CCc2ccc3c(F)c(CCc4ccc(C(F)(F)F)c(F)c4)ccc3c2)c(F)c1. The summed E-state index contributed by atoms with van der Waals surface area (Å²) >= 11 is 0. The highest BCUT2D eigenvalue weighted by Gasteiger charge is 2.33. The molecule has 4 aromatic carbocycles. The fourth-order valence-corrected chi connectivity index (χ4v) is 4.29. The molecule has 0 saturated carbocycles. The van der Waals surface area contributed by atoms with Crippen LogP contribution >= 0.6 is 0 Å². The predicted octanol–water partition coefficient (Wildman–Crippen LogP) is 7.99. The highest BCUT2D eigenvalue weighted by molar-refractivity contribution is 5.84. The van der Waals surface area contributed by atoms with Gasteiger partial charge in [-0.2, -0.15) is 13.2 Å². The first-order valence-electron chi connectivity index (χ1n) is 11.5. The largest absolute Gasteiger partial charge is 0.419 e. The molecule has 0 N–H and O–H groups in total. The number of aryl methyl sites for hydroxylation is 4. The second-order valence-electron chi connectivity index (χ2n) is 8.76. The number of rotatable bonds is 8. The number of hydrogen-bond acceptors (Lipinski definition) is 1. The van der Waals surface area contributed by atoms with Crippen LogP contribution in [-0.4, -0.2) is 7.11 Å². The molecule has 0 aromatic heterocycles. The average Bonchev–Trinajstić information content (AvgIpc) is 2.82. The molecule has 0 amide bonds. The van der Waals surface area contributed by atoms with Gasteiger partial charge >= 0.3 is 6.18 Å². The van der Waals surface area contributed by atoms with E-state index in [1.807, 2.05) is 12.1 Å². The second kappa shape index (κ2) is 10.7. The monoisotopic (exact) mass is 502 g/mol. The summed E-state index contributed by atoms with van der Waals surface area (Å²) in [7, 11) is 1.55. The van der Waals surface area contributed by atoms with E-state index < -0.39 is 23.4 Å². The zero-order valence-electron chi connectivity index (χ0n) is 19.6. The summed E-state index contributed by atoms with van der Waals surface area (Å²) in [6.07, 6.45) is -3.26. The van der Waals surface area contributed by atoms with Crippen molar-refractivity contribution in [2.45, 2.75) is 38.5 Å². The molecule has 0 bridgehead atoms. The molecule has 0 aliphatic carbocycles. The summed E-state index contributed by atoms with van der Waals surface area (Å²) in [5.41, 5.74) is 1.74. The van der Waals surface area contributed by atoms with Crippen molar-refractivity contribution in [2.24, 2.45) is 0 Å². The number of hydrogen-bond donors (Lipinski definition) is 0. The molecule has 0 heterocycles. The number of methoxy groups -OCH3 is 1. The van der Waals surface area contributed by atoms with Crippen molar-refractivity contribution in [3.05, 3.63) is 118 Å². The minimum atomic E-state index is -4.76. The first-order chi connectivity index (χ1) is 17.2. The lowest BCUT2D eigenvalue weighted by atomic mass is 9.97. The minimum Gasteiger partial charge on any atom is -0.380 e. The van der Waals surface area contributed by atoms with E-state index in [1.165, 1.54) is 12.1 Å². The van der Waals surface area contributed by atoms with E-state index in [2.05, 4.69) is 0 Å². The fraction of sp³-hybridized carbons (Fsp3) is 0.241. The van der Waals surface area contributed by atoms with E-state index in [0.29, 0.717) is 53.0 Å². The van der Waals surface area contributed by atoms with Gasteiger partial charge in [0.25, 0.3) is 0 Å². The Morgan fingerprint density at radius 3 is 1.92 bits per heavy atom. The summed E-state index contributed by atoms with van der Waals surface area (Å²) < 4.78 is 86.5. The number of fused-ring (bicyclic) bond motifs is 1. The quantitative estimate of drug-likeness (QED) is 0.222. The van der Waals surface area contributed by atoms with Gasteiger partial charge in [0.1, 0.15) is 17.5 Å². The molecule has 0 spiro atoms. The highest BCUT2D eigenvalue weighted by Crippen LogP contribution is 2.32. The normalized spacial score (nSPS) is 11.9. The fourth-order valence-electron chi connectivity index (χ4n) is 4.29. The van der Waals surface area contributed by atoms with Crippen LogP contribution in [0.25, 0.3) is 10.8 Å². The van der Waals surface area contributed by atoms with E-state index in [-0.39, 0.29) is 18.7 Å². The van der Waals surface area contributed by atoms with Gasteiger partial charge in [-0.3, -0.25) is 0 Å². The van der Waals surface area contributed by atoms with Gasteiger partial charge in [-0.15, -0.1) is 0 Å².